The predicted octanol–water partition coefficient (Wildman–Crippen LogP) is 2.79. The van der Waals surface area contributed by atoms with Gasteiger partial charge in [0.1, 0.15) is 11.9 Å². The van der Waals surface area contributed by atoms with Crippen molar-refractivity contribution in [3.05, 3.63) is 66.0 Å². The molecule has 0 bridgehead atoms. The summed E-state index contributed by atoms with van der Waals surface area (Å²) in [6, 6.07) is 18.1. The summed E-state index contributed by atoms with van der Waals surface area (Å²) in [5.74, 6) is 0.532. The highest BCUT2D eigenvalue weighted by Crippen LogP contribution is 2.22. The van der Waals surface area contributed by atoms with Crippen molar-refractivity contribution in [2.45, 2.75) is 12.6 Å². The first kappa shape index (κ1) is 15.1. The number of morpholine rings is 1. The van der Waals surface area contributed by atoms with Crippen LogP contribution in [0.2, 0.25) is 0 Å². The van der Waals surface area contributed by atoms with Crippen molar-refractivity contribution < 1.29 is 4.74 Å². The number of rotatable bonds is 3. The number of anilines is 1. The van der Waals surface area contributed by atoms with Crippen molar-refractivity contribution in [3.63, 3.8) is 0 Å². The highest BCUT2D eigenvalue weighted by molar-refractivity contribution is 5.78. The second-order valence-corrected chi connectivity index (χ2v) is 6.08. The fraction of sp³-hybridized carbons (Fsp3) is 0.263. The summed E-state index contributed by atoms with van der Waals surface area (Å²) < 4.78 is 5.88. The zero-order chi connectivity index (χ0) is 16.4. The van der Waals surface area contributed by atoms with Crippen molar-refractivity contribution >= 4 is 16.7 Å². The van der Waals surface area contributed by atoms with Gasteiger partial charge in [-0.15, -0.1) is 0 Å². The third-order valence-electron chi connectivity index (χ3n) is 4.31. The second kappa shape index (κ2) is 6.55. The van der Waals surface area contributed by atoms with Gasteiger partial charge in [0.2, 0.25) is 0 Å². The van der Waals surface area contributed by atoms with E-state index in [0.29, 0.717) is 12.4 Å². The maximum Gasteiger partial charge on any atom is 0.123 e. The maximum atomic E-state index is 5.88. The number of nitrogen functional groups attached to an aromatic ring is 1. The van der Waals surface area contributed by atoms with Gasteiger partial charge in [-0.25, -0.2) is 4.98 Å². The molecule has 5 heteroatoms. The number of aromatic nitrogens is 2. The van der Waals surface area contributed by atoms with Gasteiger partial charge in [-0.1, -0.05) is 30.3 Å². The summed E-state index contributed by atoms with van der Waals surface area (Å²) in [6.07, 6.45) is -0.0392. The van der Waals surface area contributed by atoms with Gasteiger partial charge in [0.05, 0.1) is 23.5 Å². The van der Waals surface area contributed by atoms with Gasteiger partial charge in [-0.05, 0) is 24.3 Å². The van der Waals surface area contributed by atoms with Gasteiger partial charge in [0, 0.05) is 25.0 Å². The van der Waals surface area contributed by atoms with E-state index in [2.05, 4.69) is 34.1 Å². The SMILES string of the molecule is Nc1cccc([C@@H]2CN(Cc3ccc4ccccc4n3)CCO2)n1. The summed E-state index contributed by atoms with van der Waals surface area (Å²) in [5.41, 5.74) is 8.80. The first-order valence-corrected chi connectivity index (χ1v) is 8.19. The zero-order valence-corrected chi connectivity index (χ0v) is 13.4. The van der Waals surface area contributed by atoms with Crippen LogP contribution in [0.25, 0.3) is 10.9 Å². The molecular formula is C19H20N4O. The quantitative estimate of drug-likeness (QED) is 0.804. The normalized spacial score (nSPS) is 18.8. The molecule has 1 saturated heterocycles. The van der Waals surface area contributed by atoms with E-state index in [1.165, 1.54) is 5.39 Å². The lowest BCUT2D eigenvalue weighted by Gasteiger charge is -2.32. The third kappa shape index (κ3) is 3.22. The number of fused-ring (bicyclic) bond motifs is 1. The Bertz CT molecular complexity index is 851. The van der Waals surface area contributed by atoms with E-state index < -0.39 is 0 Å². The van der Waals surface area contributed by atoms with E-state index in [4.69, 9.17) is 15.5 Å². The number of hydrogen-bond acceptors (Lipinski definition) is 5. The van der Waals surface area contributed by atoms with E-state index in [1.807, 2.05) is 24.3 Å². The van der Waals surface area contributed by atoms with Gasteiger partial charge in [-0.3, -0.25) is 9.88 Å². The Hall–Kier alpha value is -2.50. The molecule has 1 aromatic carbocycles. The Morgan fingerprint density at radius 1 is 1.04 bits per heavy atom. The highest BCUT2D eigenvalue weighted by atomic mass is 16.5. The summed E-state index contributed by atoms with van der Waals surface area (Å²) in [6.45, 7) is 3.19. The molecule has 1 atom stereocenters. The van der Waals surface area contributed by atoms with E-state index in [-0.39, 0.29) is 6.10 Å². The zero-order valence-electron chi connectivity index (χ0n) is 13.4. The van der Waals surface area contributed by atoms with E-state index in [0.717, 1.165) is 36.5 Å². The minimum atomic E-state index is -0.0392. The van der Waals surface area contributed by atoms with E-state index in [9.17, 15) is 0 Å². The van der Waals surface area contributed by atoms with Crippen molar-refractivity contribution in [1.82, 2.24) is 14.9 Å². The molecule has 1 aliphatic heterocycles. The standard InChI is InChI=1S/C19H20N4O/c20-19-7-3-6-17(22-19)18-13-23(10-11-24-18)12-15-9-8-14-4-1-2-5-16(14)21-15/h1-9,18H,10-13H2,(H2,20,22)/t18-/m0/s1. The number of nitrogens with two attached hydrogens (primary N) is 1. The minimum Gasteiger partial charge on any atom is -0.384 e. The van der Waals surface area contributed by atoms with E-state index in [1.54, 1.807) is 6.07 Å². The maximum absolute atomic E-state index is 5.88. The fourth-order valence-electron chi connectivity index (χ4n) is 3.10. The van der Waals surface area contributed by atoms with Crippen LogP contribution >= 0.6 is 0 Å². The predicted molar refractivity (Wildman–Crippen MR) is 94.4 cm³/mol. The molecule has 1 aliphatic rings. The van der Waals surface area contributed by atoms with Crippen LogP contribution in [0.3, 0.4) is 0 Å². The molecule has 5 nitrogen and oxygen atoms in total. The van der Waals surface area contributed by atoms with Crippen LogP contribution < -0.4 is 5.73 Å². The molecule has 122 valence electrons. The number of para-hydroxylation sites is 1. The molecule has 1 fully saturated rings. The van der Waals surface area contributed by atoms with Crippen molar-refractivity contribution in [3.8, 4) is 0 Å². The average Bonchev–Trinajstić information content (AvgIpc) is 2.62. The van der Waals surface area contributed by atoms with Gasteiger partial charge in [-0.2, -0.15) is 0 Å². The molecule has 3 heterocycles. The summed E-state index contributed by atoms with van der Waals surface area (Å²) in [5, 5.41) is 1.17. The van der Waals surface area contributed by atoms with Crippen LogP contribution in [0.5, 0.6) is 0 Å². The van der Waals surface area contributed by atoms with Crippen LogP contribution in [0, 0.1) is 0 Å². The number of pyridine rings is 2. The molecule has 2 N–H and O–H groups in total. The molecule has 0 radical (unpaired) electrons. The number of nitrogens with zero attached hydrogens (tertiary/aromatic N) is 3. The topological polar surface area (TPSA) is 64.3 Å². The Kier molecular flexibility index (Phi) is 4.11. The van der Waals surface area contributed by atoms with Crippen LogP contribution in [-0.2, 0) is 11.3 Å². The van der Waals surface area contributed by atoms with Crippen LogP contribution in [-0.4, -0.2) is 34.6 Å². The summed E-state index contributed by atoms with van der Waals surface area (Å²) >= 11 is 0. The Labute approximate surface area is 141 Å². The largest absolute Gasteiger partial charge is 0.384 e. The number of ether oxygens (including phenoxy) is 1. The molecule has 24 heavy (non-hydrogen) atoms. The molecule has 2 aromatic heterocycles. The molecular weight excluding hydrogens is 300 g/mol. The molecule has 4 rings (SSSR count). The first-order chi connectivity index (χ1) is 11.8. The van der Waals surface area contributed by atoms with Crippen LogP contribution in [0.1, 0.15) is 17.5 Å². The third-order valence-corrected chi connectivity index (χ3v) is 4.31. The Morgan fingerprint density at radius 2 is 1.96 bits per heavy atom. The minimum absolute atomic E-state index is 0.0392. The molecule has 0 unspecified atom stereocenters. The lowest BCUT2D eigenvalue weighted by Crippen LogP contribution is -2.38. The molecule has 0 spiro atoms. The lowest BCUT2D eigenvalue weighted by molar-refractivity contribution is -0.0352. The molecule has 3 aromatic rings. The monoisotopic (exact) mass is 320 g/mol. The fourth-order valence-corrected chi connectivity index (χ4v) is 3.10. The molecule has 0 amide bonds. The molecule has 0 aliphatic carbocycles. The van der Waals surface area contributed by atoms with Crippen LogP contribution in [0.4, 0.5) is 5.82 Å². The second-order valence-electron chi connectivity index (χ2n) is 6.08. The Morgan fingerprint density at radius 3 is 2.88 bits per heavy atom. The van der Waals surface area contributed by atoms with Gasteiger partial charge in [0.25, 0.3) is 0 Å². The number of hydrogen-bond donors (Lipinski definition) is 1. The summed E-state index contributed by atoms with van der Waals surface area (Å²) in [4.78, 5) is 11.5. The van der Waals surface area contributed by atoms with Crippen LogP contribution in [0.15, 0.2) is 54.6 Å². The lowest BCUT2D eigenvalue weighted by atomic mass is 10.1. The van der Waals surface area contributed by atoms with Crippen molar-refractivity contribution in [1.29, 1.82) is 0 Å². The van der Waals surface area contributed by atoms with Crippen molar-refractivity contribution in [2.24, 2.45) is 0 Å². The Balaban J connectivity index is 1.49. The van der Waals surface area contributed by atoms with Crippen molar-refractivity contribution in [2.75, 3.05) is 25.4 Å². The van der Waals surface area contributed by atoms with E-state index >= 15 is 0 Å². The van der Waals surface area contributed by atoms with Gasteiger partial charge < -0.3 is 10.5 Å². The molecule has 0 saturated carbocycles. The smallest absolute Gasteiger partial charge is 0.123 e. The first-order valence-electron chi connectivity index (χ1n) is 8.19. The van der Waals surface area contributed by atoms with Gasteiger partial charge >= 0.3 is 0 Å². The highest BCUT2D eigenvalue weighted by Gasteiger charge is 2.23. The average molecular weight is 320 g/mol. The van der Waals surface area contributed by atoms with Gasteiger partial charge in [0.15, 0.2) is 0 Å². The number of benzene rings is 1. The summed E-state index contributed by atoms with van der Waals surface area (Å²) in [7, 11) is 0.